The smallest absolute Gasteiger partial charge is 0.326 e. The predicted octanol–water partition coefficient (Wildman–Crippen LogP) is 1.66. The van der Waals surface area contributed by atoms with Crippen molar-refractivity contribution in [1.82, 2.24) is 9.97 Å². The fraction of sp³-hybridized carbons (Fsp3) is 0.200. The molecule has 10 nitrogen and oxygen atoms in total. The van der Waals surface area contributed by atoms with Gasteiger partial charge in [-0.25, -0.2) is 9.97 Å². The number of amides is 1. The van der Waals surface area contributed by atoms with Gasteiger partial charge in [0.15, 0.2) is 6.61 Å². The van der Waals surface area contributed by atoms with Crippen LogP contribution in [0, 0.1) is 10.1 Å². The second kappa shape index (κ2) is 8.72. The van der Waals surface area contributed by atoms with Crippen LogP contribution in [0.2, 0.25) is 5.02 Å². The molecule has 0 saturated carbocycles. The quantitative estimate of drug-likeness (QED) is 0.437. The molecule has 2 aromatic rings. The number of nitrogens with one attached hydrogen (secondary N) is 1. The first-order valence-corrected chi connectivity index (χ1v) is 7.62. The fourth-order valence-corrected chi connectivity index (χ4v) is 2.06. The minimum Gasteiger partial charge on any atom is -0.454 e. The van der Waals surface area contributed by atoms with Gasteiger partial charge in [0, 0.05) is 30.5 Å². The van der Waals surface area contributed by atoms with Crippen molar-refractivity contribution < 1.29 is 19.2 Å². The number of aromatic nitrogens is 2. The normalized spacial score (nSPS) is 10.1. The van der Waals surface area contributed by atoms with E-state index in [-0.39, 0.29) is 22.9 Å². The van der Waals surface area contributed by atoms with Gasteiger partial charge in [0.25, 0.3) is 11.6 Å². The molecule has 136 valence electrons. The van der Waals surface area contributed by atoms with Crippen molar-refractivity contribution in [2.75, 3.05) is 30.4 Å². The molecule has 0 aliphatic carbocycles. The molecule has 1 aromatic heterocycles. The summed E-state index contributed by atoms with van der Waals surface area (Å²) in [6.07, 6.45) is 3.05. The van der Waals surface area contributed by atoms with Crippen molar-refractivity contribution in [2.45, 2.75) is 0 Å². The number of nitrogens with zero attached hydrogens (tertiary/aromatic N) is 4. The molecule has 2 rings (SSSR count). The molecule has 0 aliphatic rings. The molecule has 0 saturated heterocycles. The van der Waals surface area contributed by atoms with E-state index in [0.717, 1.165) is 6.07 Å². The van der Waals surface area contributed by atoms with Crippen LogP contribution < -0.4 is 10.2 Å². The van der Waals surface area contributed by atoms with Gasteiger partial charge >= 0.3 is 5.97 Å². The highest BCUT2D eigenvalue weighted by Gasteiger charge is 2.18. The molecule has 0 atom stereocenters. The Bertz CT molecular complexity index is 817. The van der Waals surface area contributed by atoms with Crippen LogP contribution in [-0.2, 0) is 14.3 Å². The van der Waals surface area contributed by atoms with Gasteiger partial charge in [-0.3, -0.25) is 19.7 Å². The average Bonchev–Trinajstić information content (AvgIpc) is 2.62. The minimum absolute atomic E-state index is 0.0461. The number of hydrogen-bond acceptors (Lipinski definition) is 8. The van der Waals surface area contributed by atoms with E-state index >= 15 is 0 Å². The van der Waals surface area contributed by atoms with E-state index in [1.807, 2.05) is 0 Å². The second-order valence-electron chi connectivity index (χ2n) is 5.03. The van der Waals surface area contributed by atoms with E-state index in [0.29, 0.717) is 5.95 Å². The first kappa shape index (κ1) is 19.1. The molecule has 0 unspecified atom stereocenters. The summed E-state index contributed by atoms with van der Waals surface area (Å²) in [6.45, 7) is -0.763. The second-order valence-corrected chi connectivity index (χ2v) is 5.47. The Kier molecular flexibility index (Phi) is 6.39. The summed E-state index contributed by atoms with van der Waals surface area (Å²) in [6, 6.07) is 5.43. The zero-order valence-electron chi connectivity index (χ0n) is 13.6. The maximum atomic E-state index is 11.9. The van der Waals surface area contributed by atoms with Crippen LogP contribution in [0.1, 0.15) is 0 Å². The van der Waals surface area contributed by atoms with Gasteiger partial charge in [0.05, 0.1) is 4.92 Å². The number of hydrogen-bond donors (Lipinski definition) is 1. The molecular formula is C15H14ClN5O5. The predicted molar refractivity (Wildman–Crippen MR) is 93.0 cm³/mol. The van der Waals surface area contributed by atoms with Crippen molar-refractivity contribution in [3.05, 3.63) is 51.8 Å². The standard InChI is InChI=1S/C15H14ClN5O5/c1-20(15-17-5-2-6-18-15)8-14(23)26-9-13(22)19-11-4-3-10(16)7-12(11)21(24)25/h2-7H,8-9H2,1H3,(H,19,22). The highest BCUT2D eigenvalue weighted by atomic mass is 35.5. The van der Waals surface area contributed by atoms with E-state index in [1.54, 1.807) is 13.1 Å². The van der Waals surface area contributed by atoms with Crippen LogP contribution in [-0.4, -0.2) is 47.0 Å². The Labute approximate surface area is 152 Å². The first-order chi connectivity index (χ1) is 12.4. The SMILES string of the molecule is CN(CC(=O)OCC(=O)Nc1ccc(Cl)cc1[N+](=O)[O-])c1ncccn1. The molecule has 26 heavy (non-hydrogen) atoms. The highest BCUT2D eigenvalue weighted by Crippen LogP contribution is 2.27. The number of nitro groups is 1. The number of esters is 1. The Morgan fingerprint density at radius 1 is 1.35 bits per heavy atom. The Balaban J connectivity index is 1.87. The third-order valence-corrected chi connectivity index (χ3v) is 3.29. The van der Waals surface area contributed by atoms with Gasteiger partial charge in [-0.15, -0.1) is 0 Å². The number of benzene rings is 1. The number of ether oxygens (including phenoxy) is 1. The monoisotopic (exact) mass is 379 g/mol. The number of nitro benzene ring substituents is 1. The van der Waals surface area contributed by atoms with E-state index in [1.165, 1.54) is 29.4 Å². The van der Waals surface area contributed by atoms with Crippen molar-refractivity contribution in [3.63, 3.8) is 0 Å². The summed E-state index contributed by atoms with van der Waals surface area (Å²) in [4.78, 5) is 43.3. The molecule has 1 heterocycles. The van der Waals surface area contributed by atoms with Crippen LogP contribution in [0.3, 0.4) is 0 Å². The molecule has 0 spiro atoms. The maximum absolute atomic E-state index is 11.9. The molecule has 0 bridgehead atoms. The van der Waals surface area contributed by atoms with Crippen molar-refractivity contribution in [3.8, 4) is 0 Å². The third kappa shape index (κ3) is 5.38. The van der Waals surface area contributed by atoms with E-state index in [9.17, 15) is 19.7 Å². The number of carbonyl (C=O) groups excluding carboxylic acids is 2. The summed E-state index contributed by atoms with van der Waals surface area (Å²) in [5.41, 5.74) is -0.409. The lowest BCUT2D eigenvalue weighted by atomic mass is 10.2. The number of halogens is 1. The molecule has 1 N–H and O–H groups in total. The summed E-state index contributed by atoms with van der Waals surface area (Å²) in [7, 11) is 1.59. The van der Waals surface area contributed by atoms with Crippen LogP contribution in [0.4, 0.5) is 17.3 Å². The molecule has 1 amide bonds. The Hall–Kier alpha value is -3.27. The number of rotatable bonds is 7. The summed E-state index contributed by atoms with van der Waals surface area (Å²) in [5, 5.41) is 13.4. The molecular weight excluding hydrogens is 366 g/mol. The van der Waals surface area contributed by atoms with Crippen molar-refractivity contribution in [1.29, 1.82) is 0 Å². The average molecular weight is 380 g/mol. The van der Waals surface area contributed by atoms with Crippen LogP contribution >= 0.6 is 11.6 Å². The number of likely N-dealkylation sites (N-methyl/N-ethyl adjacent to an activating group) is 1. The van der Waals surface area contributed by atoms with Gasteiger partial charge in [0.2, 0.25) is 5.95 Å². The molecule has 0 fully saturated rings. The summed E-state index contributed by atoms with van der Waals surface area (Å²) in [5.74, 6) is -1.08. The fourth-order valence-electron chi connectivity index (χ4n) is 1.89. The van der Waals surface area contributed by atoms with Crippen LogP contribution in [0.25, 0.3) is 0 Å². The molecule has 11 heteroatoms. The van der Waals surface area contributed by atoms with Crippen LogP contribution in [0.5, 0.6) is 0 Å². The van der Waals surface area contributed by atoms with E-state index < -0.39 is 23.4 Å². The van der Waals surface area contributed by atoms with E-state index in [4.69, 9.17) is 16.3 Å². The van der Waals surface area contributed by atoms with Crippen molar-refractivity contribution in [2.24, 2.45) is 0 Å². The molecule has 1 aromatic carbocycles. The van der Waals surface area contributed by atoms with Crippen LogP contribution in [0.15, 0.2) is 36.7 Å². The number of carbonyl (C=O) groups is 2. The van der Waals surface area contributed by atoms with Gasteiger partial charge < -0.3 is 15.0 Å². The minimum atomic E-state index is -0.720. The molecule has 0 aliphatic heterocycles. The third-order valence-electron chi connectivity index (χ3n) is 3.05. The topological polar surface area (TPSA) is 128 Å². The lowest BCUT2D eigenvalue weighted by Crippen LogP contribution is -2.30. The van der Waals surface area contributed by atoms with Gasteiger partial charge in [-0.05, 0) is 18.2 Å². The first-order valence-electron chi connectivity index (χ1n) is 7.24. The van der Waals surface area contributed by atoms with E-state index in [2.05, 4.69) is 15.3 Å². The maximum Gasteiger partial charge on any atom is 0.326 e. The molecule has 0 radical (unpaired) electrons. The zero-order valence-corrected chi connectivity index (χ0v) is 14.3. The zero-order chi connectivity index (χ0) is 19.1. The van der Waals surface area contributed by atoms with Gasteiger partial charge in [-0.1, -0.05) is 11.6 Å². The Morgan fingerprint density at radius 2 is 2.04 bits per heavy atom. The van der Waals surface area contributed by atoms with Gasteiger partial charge in [-0.2, -0.15) is 0 Å². The summed E-state index contributed by atoms with van der Waals surface area (Å²) >= 11 is 5.70. The number of anilines is 2. The highest BCUT2D eigenvalue weighted by molar-refractivity contribution is 6.31. The van der Waals surface area contributed by atoms with Crippen molar-refractivity contribution >= 4 is 40.8 Å². The lowest BCUT2D eigenvalue weighted by Gasteiger charge is -2.15. The summed E-state index contributed by atoms with van der Waals surface area (Å²) < 4.78 is 4.85. The Morgan fingerprint density at radius 3 is 2.69 bits per heavy atom. The lowest BCUT2D eigenvalue weighted by molar-refractivity contribution is -0.383. The van der Waals surface area contributed by atoms with Gasteiger partial charge in [0.1, 0.15) is 12.2 Å². The largest absolute Gasteiger partial charge is 0.454 e.